The highest BCUT2D eigenvalue weighted by molar-refractivity contribution is 5.89. The summed E-state index contributed by atoms with van der Waals surface area (Å²) in [7, 11) is 3.34. The third kappa shape index (κ3) is 3.59. The van der Waals surface area contributed by atoms with Gasteiger partial charge >= 0.3 is 5.97 Å². The van der Waals surface area contributed by atoms with Crippen LogP contribution in [0.25, 0.3) is 0 Å². The molecule has 3 rings (SSSR count). The van der Waals surface area contributed by atoms with Gasteiger partial charge in [-0.3, -0.25) is 0 Å². The molecular weight excluding hydrogens is 332 g/mol. The highest BCUT2D eigenvalue weighted by Gasteiger charge is 2.30. The maximum Gasteiger partial charge on any atom is 0.339 e. The standard InChI is InChI=1S/C20H24N2O4/c1-4-26-20(23)14-7-10-19(21-13-14)22-11-5-6-17(22)16-12-15(24-2)8-9-18(16)25-3/h7-10,12-13,17H,4-6,11H2,1-3H3. The Morgan fingerprint density at radius 3 is 2.73 bits per heavy atom. The Morgan fingerprint density at radius 1 is 1.23 bits per heavy atom. The molecule has 2 heterocycles. The first-order valence-corrected chi connectivity index (χ1v) is 8.79. The van der Waals surface area contributed by atoms with Crippen LogP contribution in [0.3, 0.4) is 0 Å². The molecule has 1 aromatic heterocycles. The molecule has 6 nitrogen and oxygen atoms in total. The summed E-state index contributed by atoms with van der Waals surface area (Å²) in [4.78, 5) is 18.5. The SMILES string of the molecule is CCOC(=O)c1ccc(N2CCCC2c2cc(OC)ccc2OC)nc1. The van der Waals surface area contributed by atoms with Crippen LogP contribution in [0.4, 0.5) is 5.82 Å². The minimum absolute atomic E-state index is 0.154. The number of ether oxygens (including phenoxy) is 3. The van der Waals surface area contributed by atoms with E-state index in [0.717, 1.165) is 42.3 Å². The molecule has 0 radical (unpaired) electrons. The maximum absolute atomic E-state index is 11.8. The van der Waals surface area contributed by atoms with Crippen LogP contribution < -0.4 is 14.4 Å². The summed E-state index contributed by atoms with van der Waals surface area (Å²) in [6.45, 7) is 3.04. The van der Waals surface area contributed by atoms with Crippen LogP contribution in [0.5, 0.6) is 11.5 Å². The lowest BCUT2D eigenvalue weighted by Crippen LogP contribution is -2.24. The Kier molecular flexibility index (Phi) is 5.61. The number of carbonyl (C=O) groups excluding carboxylic acids is 1. The Hall–Kier alpha value is -2.76. The summed E-state index contributed by atoms with van der Waals surface area (Å²) in [5.41, 5.74) is 1.55. The first-order chi connectivity index (χ1) is 12.7. The number of esters is 1. The minimum atomic E-state index is -0.348. The van der Waals surface area contributed by atoms with E-state index in [1.807, 2.05) is 24.3 Å². The summed E-state index contributed by atoms with van der Waals surface area (Å²) in [6, 6.07) is 9.64. The molecule has 1 unspecified atom stereocenters. The van der Waals surface area contributed by atoms with Gasteiger partial charge in [0.15, 0.2) is 0 Å². The molecule has 1 saturated heterocycles. The van der Waals surface area contributed by atoms with Gasteiger partial charge in [0.25, 0.3) is 0 Å². The van der Waals surface area contributed by atoms with Gasteiger partial charge in [0, 0.05) is 18.3 Å². The lowest BCUT2D eigenvalue weighted by molar-refractivity contribution is 0.0526. The van der Waals surface area contributed by atoms with Crippen molar-refractivity contribution < 1.29 is 19.0 Å². The smallest absolute Gasteiger partial charge is 0.339 e. The van der Waals surface area contributed by atoms with Crippen LogP contribution in [-0.4, -0.2) is 38.3 Å². The lowest BCUT2D eigenvalue weighted by Gasteiger charge is -2.27. The van der Waals surface area contributed by atoms with Gasteiger partial charge in [0.05, 0.1) is 32.4 Å². The van der Waals surface area contributed by atoms with E-state index >= 15 is 0 Å². The fourth-order valence-corrected chi connectivity index (χ4v) is 3.36. The van der Waals surface area contributed by atoms with E-state index in [1.165, 1.54) is 0 Å². The topological polar surface area (TPSA) is 60.9 Å². The van der Waals surface area contributed by atoms with Crippen LogP contribution in [0.1, 0.15) is 41.7 Å². The van der Waals surface area contributed by atoms with Crippen LogP contribution >= 0.6 is 0 Å². The number of pyridine rings is 1. The summed E-state index contributed by atoms with van der Waals surface area (Å²) in [5, 5.41) is 0. The number of methoxy groups -OCH3 is 2. The van der Waals surface area contributed by atoms with E-state index in [1.54, 1.807) is 33.4 Å². The zero-order chi connectivity index (χ0) is 18.5. The van der Waals surface area contributed by atoms with Crippen molar-refractivity contribution in [3.05, 3.63) is 47.7 Å². The van der Waals surface area contributed by atoms with Gasteiger partial charge in [0.2, 0.25) is 0 Å². The molecule has 1 aliphatic heterocycles. The van der Waals surface area contributed by atoms with Crippen LogP contribution in [-0.2, 0) is 4.74 Å². The predicted molar refractivity (Wildman–Crippen MR) is 99.1 cm³/mol. The quantitative estimate of drug-likeness (QED) is 0.737. The Bertz CT molecular complexity index is 761. The summed E-state index contributed by atoms with van der Waals surface area (Å²) < 4.78 is 16.0. The molecule has 0 bridgehead atoms. The number of anilines is 1. The average molecular weight is 356 g/mol. The summed E-state index contributed by atoms with van der Waals surface area (Å²) >= 11 is 0. The third-order valence-corrected chi connectivity index (χ3v) is 4.60. The van der Waals surface area contributed by atoms with Crippen molar-refractivity contribution in [2.75, 3.05) is 32.3 Å². The largest absolute Gasteiger partial charge is 0.497 e. The first kappa shape index (κ1) is 18.0. The molecule has 26 heavy (non-hydrogen) atoms. The molecular formula is C20H24N2O4. The molecule has 0 aliphatic carbocycles. The number of carbonyl (C=O) groups is 1. The van der Waals surface area contributed by atoms with Gasteiger partial charge in [-0.2, -0.15) is 0 Å². The average Bonchev–Trinajstić information content (AvgIpc) is 3.17. The maximum atomic E-state index is 11.8. The molecule has 0 spiro atoms. The second kappa shape index (κ2) is 8.08. The minimum Gasteiger partial charge on any atom is -0.497 e. The normalized spacial score (nSPS) is 16.4. The van der Waals surface area contributed by atoms with Crippen molar-refractivity contribution >= 4 is 11.8 Å². The molecule has 1 aromatic carbocycles. The van der Waals surface area contributed by atoms with Crippen molar-refractivity contribution in [3.8, 4) is 11.5 Å². The number of benzene rings is 1. The molecule has 0 amide bonds. The summed E-state index contributed by atoms with van der Waals surface area (Å²) in [6.07, 6.45) is 3.64. The number of nitrogens with zero attached hydrogens (tertiary/aromatic N) is 2. The Morgan fingerprint density at radius 2 is 2.08 bits per heavy atom. The Labute approximate surface area is 153 Å². The van der Waals surface area contributed by atoms with Gasteiger partial charge in [0.1, 0.15) is 17.3 Å². The molecule has 2 aromatic rings. The van der Waals surface area contributed by atoms with Crippen molar-refractivity contribution in [1.82, 2.24) is 4.98 Å². The predicted octanol–water partition coefficient (Wildman–Crippen LogP) is 3.62. The molecule has 1 atom stereocenters. The van der Waals surface area contributed by atoms with Crippen LogP contribution in [0, 0.1) is 0 Å². The van der Waals surface area contributed by atoms with Crippen molar-refractivity contribution in [2.45, 2.75) is 25.8 Å². The second-order valence-corrected chi connectivity index (χ2v) is 6.08. The number of aromatic nitrogens is 1. The van der Waals surface area contributed by atoms with E-state index in [9.17, 15) is 4.79 Å². The van der Waals surface area contributed by atoms with Crippen molar-refractivity contribution in [2.24, 2.45) is 0 Å². The third-order valence-electron chi connectivity index (χ3n) is 4.60. The molecule has 138 valence electrons. The number of hydrogen-bond donors (Lipinski definition) is 0. The van der Waals surface area contributed by atoms with Crippen molar-refractivity contribution in [3.63, 3.8) is 0 Å². The monoisotopic (exact) mass is 356 g/mol. The van der Waals surface area contributed by atoms with Gasteiger partial charge in [-0.1, -0.05) is 0 Å². The van der Waals surface area contributed by atoms with E-state index in [0.29, 0.717) is 12.2 Å². The highest BCUT2D eigenvalue weighted by atomic mass is 16.5. The van der Waals surface area contributed by atoms with Crippen LogP contribution in [0.2, 0.25) is 0 Å². The van der Waals surface area contributed by atoms with E-state index in [2.05, 4.69) is 9.88 Å². The van der Waals surface area contributed by atoms with Gasteiger partial charge in [-0.15, -0.1) is 0 Å². The zero-order valence-electron chi connectivity index (χ0n) is 15.4. The first-order valence-electron chi connectivity index (χ1n) is 8.79. The molecule has 1 aliphatic rings. The number of hydrogen-bond acceptors (Lipinski definition) is 6. The van der Waals surface area contributed by atoms with Gasteiger partial charge in [-0.25, -0.2) is 9.78 Å². The second-order valence-electron chi connectivity index (χ2n) is 6.08. The van der Waals surface area contributed by atoms with Gasteiger partial charge < -0.3 is 19.1 Å². The summed E-state index contributed by atoms with van der Waals surface area (Å²) in [5.74, 6) is 2.13. The van der Waals surface area contributed by atoms with E-state index in [4.69, 9.17) is 14.2 Å². The van der Waals surface area contributed by atoms with Gasteiger partial charge in [-0.05, 0) is 50.1 Å². The number of rotatable bonds is 6. The fourth-order valence-electron chi connectivity index (χ4n) is 3.36. The molecule has 6 heteroatoms. The van der Waals surface area contributed by atoms with Crippen molar-refractivity contribution in [1.29, 1.82) is 0 Å². The molecule has 0 N–H and O–H groups in total. The fraction of sp³-hybridized carbons (Fsp3) is 0.400. The molecule has 1 fully saturated rings. The highest BCUT2D eigenvalue weighted by Crippen LogP contribution is 2.40. The van der Waals surface area contributed by atoms with Crippen LogP contribution in [0.15, 0.2) is 36.5 Å². The lowest BCUT2D eigenvalue weighted by atomic mass is 10.0. The molecule has 0 saturated carbocycles. The van der Waals surface area contributed by atoms with E-state index < -0.39 is 0 Å². The zero-order valence-corrected chi connectivity index (χ0v) is 15.4. The van der Waals surface area contributed by atoms with E-state index in [-0.39, 0.29) is 12.0 Å². The Balaban J connectivity index is 1.88.